The molecule has 0 aliphatic rings. The maximum Gasteiger partial charge on any atom is 0.259 e. The van der Waals surface area contributed by atoms with E-state index in [4.69, 9.17) is 4.74 Å². The summed E-state index contributed by atoms with van der Waals surface area (Å²) in [5.41, 5.74) is 3.36. The van der Waals surface area contributed by atoms with Crippen LogP contribution in [0.4, 0.5) is 11.4 Å². The minimum Gasteiger partial charge on any atom is -0.492 e. The maximum atomic E-state index is 13.1. The van der Waals surface area contributed by atoms with Gasteiger partial charge in [-0.3, -0.25) is 9.59 Å². The standard InChI is InChI=1S/C29H25BrN2O3/c1-32(25-13-6-3-7-14-25)29(34)22-11-8-12-24(19-22)31-28(33)26-20-23(30)15-16-27(26)35-18-17-21-9-4-2-5-10-21/h2-16,19-20H,17-18H2,1H3,(H,31,33). The van der Waals surface area contributed by atoms with Crippen molar-refractivity contribution >= 4 is 39.1 Å². The molecule has 0 saturated heterocycles. The molecule has 0 saturated carbocycles. The van der Waals surface area contributed by atoms with Gasteiger partial charge in [-0.1, -0.05) is 70.5 Å². The van der Waals surface area contributed by atoms with Gasteiger partial charge in [-0.15, -0.1) is 0 Å². The lowest BCUT2D eigenvalue weighted by Crippen LogP contribution is -2.26. The Hall–Kier alpha value is -3.90. The summed E-state index contributed by atoms with van der Waals surface area (Å²) in [6.07, 6.45) is 0.733. The van der Waals surface area contributed by atoms with Crippen molar-refractivity contribution in [2.75, 3.05) is 23.9 Å². The third kappa shape index (κ3) is 6.37. The number of rotatable bonds is 8. The number of benzene rings is 4. The molecule has 176 valence electrons. The van der Waals surface area contributed by atoms with E-state index < -0.39 is 0 Å². The largest absolute Gasteiger partial charge is 0.492 e. The fourth-order valence-electron chi connectivity index (χ4n) is 3.62. The Morgan fingerprint density at radius 2 is 1.57 bits per heavy atom. The molecule has 4 rings (SSSR count). The van der Waals surface area contributed by atoms with Crippen molar-refractivity contribution in [1.29, 1.82) is 0 Å². The van der Waals surface area contributed by atoms with E-state index >= 15 is 0 Å². The summed E-state index contributed by atoms with van der Waals surface area (Å²) in [7, 11) is 1.73. The molecule has 1 N–H and O–H groups in total. The van der Waals surface area contributed by atoms with Crippen LogP contribution in [0.25, 0.3) is 0 Å². The number of carbonyl (C=O) groups is 2. The van der Waals surface area contributed by atoms with Crippen molar-refractivity contribution in [1.82, 2.24) is 0 Å². The van der Waals surface area contributed by atoms with Crippen molar-refractivity contribution in [2.45, 2.75) is 6.42 Å². The van der Waals surface area contributed by atoms with Crippen molar-refractivity contribution in [3.05, 3.63) is 124 Å². The summed E-state index contributed by atoms with van der Waals surface area (Å²) in [4.78, 5) is 27.7. The number of amides is 2. The second kappa shape index (κ2) is 11.5. The van der Waals surface area contributed by atoms with E-state index in [0.29, 0.717) is 29.2 Å². The molecule has 4 aromatic carbocycles. The molecule has 0 bridgehead atoms. The minimum atomic E-state index is -0.318. The molecule has 0 heterocycles. The summed E-state index contributed by atoms with van der Waals surface area (Å²) < 4.78 is 6.72. The Kier molecular flexibility index (Phi) is 7.95. The van der Waals surface area contributed by atoms with Crippen LogP contribution in [0.15, 0.2) is 108 Å². The molecule has 0 atom stereocenters. The topological polar surface area (TPSA) is 58.6 Å². The molecular formula is C29H25BrN2O3. The lowest BCUT2D eigenvalue weighted by Gasteiger charge is -2.18. The second-order valence-electron chi connectivity index (χ2n) is 7.96. The number of nitrogens with zero attached hydrogens (tertiary/aromatic N) is 1. The molecule has 0 aromatic heterocycles. The summed E-state index contributed by atoms with van der Waals surface area (Å²) in [6, 6.07) is 31.7. The van der Waals surface area contributed by atoms with Crippen molar-refractivity contribution in [3.63, 3.8) is 0 Å². The van der Waals surface area contributed by atoms with Crippen LogP contribution in [0, 0.1) is 0 Å². The molecule has 2 amide bonds. The van der Waals surface area contributed by atoms with Gasteiger partial charge in [-0.25, -0.2) is 0 Å². The van der Waals surface area contributed by atoms with E-state index in [1.165, 1.54) is 0 Å². The van der Waals surface area contributed by atoms with Crippen molar-refractivity contribution in [3.8, 4) is 5.75 Å². The number of para-hydroxylation sites is 1. The van der Waals surface area contributed by atoms with E-state index in [9.17, 15) is 9.59 Å². The Balaban J connectivity index is 1.47. The van der Waals surface area contributed by atoms with Gasteiger partial charge in [0.2, 0.25) is 0 Å². The third-order valence-electron chi connectivity index (χ3n) is 5.49. The van der Waals surface area contributed by atoms with Crippen LogP contribution < -0.4 is 15.0 Å². The average Bonchev–Trinajstić information content (AvgIpc) is 2.90. The highest BCUT2D eigenvalue weighted by atomic mass is 79.9. The summed E-state index contributed by atoms with van der Waals surface area (Å²) >= 11 is 3.44. The normalized spacial score (nSPS) is 10.5. The zero-order chi connectivity index (χ0) is 24.6. The van der Waals surface area contributed by atoms with E-state index in [-0.39, 0.29) is 11.8 Å². The number of anilines is 2. The van der Waals surface area contributed by atoms with Crippen molar-refractivity contribution in [2.24, 2.45) is 0 Å². The molecule has 0 radical (unpaired) electrons. The summed E-state index contributed by atoms with van der Waals surface area (Å²) in [5.74, 6) is 0.0133. The van der Waals surface area contributed by atoms with E-state index in [2.05, 4.69) is 21.2 Å². The van der Waals surface area contributed by atoms with Gasteiger partial charge in [0.25, 0.3) is 11.8 Å². The van der Waals surface area contributed by atoms with E-state index in [1.54, 1.807) is 48.3 Å². The number of carbonyl (C=O) groups excluding carboxylic acids is 2. The highest BCUT2D eigenvalue weighted by molar-refractivity contribution is 9.10. The predicted molar refractivity (Wildman–Crippen MR) is 143 cm³/mol. The lowest BCUT2D eigenvalue weighted by molar-refractivity contribution is 0.0989. The van der Waals surface area contributed by atoms with Crippen LogP contribution in [0.3, 0.4) is 0 Å². The molecule has 35 heavy (non-hydrogen) atoms. The molecule has 4 aromatic rings. The third-order valence-corrected chi connectivity index (χ3v) is 5.99. The first-order valence-electron chi connectivity index (χ1n) is 11.2. The first-order valence-corrected chi connectivity index (χ1v) is 12.0. The van der Waals surface area contributed by atoms with E-state index in [0.717, 1.165) is 22.1 Å². The summed E-state index contributed by atoms with van der Waals surface area (Å²) in [5, 5.41) is 2.90. The van der Waals surface area contributed by atoms with Gasteiger partial charge < -0.3 is 15.0 Å². The molecule has 0 aliphatic carbocycles. The molecule has 5 nitrogen and oxygen atoms in total. The van der Waals surface area contributed by atoms with Gasteiger partial charge in [0, 0.05) is 34.9 Å². The first kappa shape index (κ1) is 24.2. The molecule has 0 unspecified atom stereocenters. The summed E-state index contributed by atoms with van der Waals surface area (Å²) in [6.45, 7) is 0.446. The number of halogens is 1. The van der Waals surface area contributed by atoms with Gasteiger partial charge in [0.1, 0.15) is 5.75 Å². The molecule has 6 heteroatoms. The number of nitrogens with one attached hydrogen (secondary N) is 1. The maximum absolute atomic E-state index is 13.1. The van der Waals surface area contributed by atoms with Crippen LogP contribution >= 0.6 is 15.9 Å². The van der Waals surface area contributed by atoms with Crippen LogP contribution in [0.5, 0.6) is 5.75 Å². The van der Waals surface area contributed by atoms with Crippen LogP contribution in [0.2, 0.25) is 0 Å². The average molecular weight is 529 g/mol. The number of ether oxygens (including phenoxy) is 1. The zero-order valence-corrected chi connectivity index (χ0v) is 20.9. The van der Waals surface area contributed by atoms with Crippen LogP contribution in [-0.4, -0.2) is 25.5 Å². The fourth-order valence-corrected chi connectivity index (χ4v) is 3.98. The lowest BCUT2D eigenvalue weighted by atomic mass is 10.1. The Bertz CT molecular complexity index is 1310. The van der Waals surface area contributed by atoms with Gasteiger partial charge in [-0.05, 0) is 54.1 Å². The van der Waals surface area contributed by atoms with Crippen LogP contribution in [0.1, 0.15) is 26.3 Å². The monoisotopic (exact) mass is 528 g/mol. The second-order valence-corrected chi connectivity index (χ2v) is 8.87. The zero-order valence-electron chi connectivity index (χ0n) is 19.3. The molecule has 0 spiro atoms. The van der Waals surface area contributed by atoms with Crippen LogP contribution in [-0.2, 0) is 6.42 Å². The highest BCUT2D eigenvalue weighted by Gasteiger charge is 2.17. The van der Waals surface area contributed by atoms with Gasteiger partial charge >= 0.3 is 0 Å². The number of hydrogen-bond acceptors (Lipinski definition) is 3. The Morgan fingerprint density at radius 1 is 0.857 bits per heavy atom. The quantitative estimate of drug-likeness (QED) is 0.280. The van der Waals surface area contributed by atoms with E-state index in [1.807, 2.05) is 66.7 Å². The minimum absolute atomic E-state index is 0.167. The Labute approximate surface area is 213 Å². The predicted octanol–water partition coefficient (Wildman–Crippen LogP) is 6.60. The first-order chi connectivity index (χ1) is 17.0. The van der Waals surface area contributed by atoms with Crippen molar-refractivity contribution < 1.29 is 14.3 Å². The molecule has 0 fully saturated rings. The highest BCUT2D eigenvalue weighted by Crippen LogP contribution is 2.25. The molecular weight excluding hydrogens is 504 g/mol. The van der Waals surface area contributed by atoms with Gasteiger partial charge in [0.05, 0.1) is 12.2 Å². The molecule has 0 aliphatic heterocycles. The smallest absolute Gasteiger partial charge is 0.259 e. The Morgan fingerprint density at radius 3 is 2.31 bits per heavy atom. The number of hydrogen-bond donors (Lipinski definition) is 1. The SMILES string of the molecule is CN(C(=O)c1cccc(NC(=O)c2cc(Br)ccc2OCCc2ccccc2)c1)c1ccccc1. The fraction of sp³-hybridized carbons (Fsp3) is 0.103. The van der Waals surface area contributed by atoms with Gasteiger partial charge in [-0.2, -0.15) is 0 Å². The van der Waals surface area contributed by atoms with Gasteiger partial charge in [0.15, 0.2) is 0 Å².